The number of carbonyl (C=O) groups is 1. The topological polar surface area (TPSA) is 130 Å². The van der Waals surface area contributed by atoms with Crippen LogP contribution in [0.4, 0.5) is 11.4 Å². The summed E-state index contributed by atoms with van der Waals surface area (Å²) >= 11 is 1.42. The Bertz CT molecular complexity index is 1290. The molecule has 0 unspecified atom stereocenters. The van der Waals surface area contributed by atoms with Crippen LogP contribution in [0.1, 0.15) is 22.4 Å². The minimum atomic E-state index is -3.32. The van der Waals surface area contributed by atoms with Crippen molar-refractivity contribution in [3.05, 3.63) is 47.5 Å². The van der Waals surface area contributed by atoms with Crippen molar-refractivity contribution < 1.29 is 22.7 Å². The van der Waals surface area contributed by atoms with Gasteiger partial charge in [-0.25, -0.2) is 18.4 Å². The number of amides is 1. The van der Waals surface area contributed by atoms with Gasteiger partial charge in [-0.05, 0) is 18.2 Å². The van der Waals surface area contributed by atoms with Gasteiger partial charge >= 0.3 is 0 Å². The van der Waals surface area contributed by atoms with Crippen LogP contribution in [-0.4, -0.2) is 85.8 Å². The van der Waals surface area contributed by atoms with Gasteiger partial charge in [0.25, 0.3) is 5.91 Å². The third-order valence-corrected chi connectivity index (χ3v) is 8.08. The lowest BCUT2D eigenvalue weighted by atomic mass is 10.1. The van der Waals surface area contributed by atoms with Gasteiger partial charge in [-0.2, -0.15) is 4.31 Å². The minimum Gasteiger partial charge on any atom is -0.378 e. The third kappa shape index (κ3) is 5.38. The molecule has 1 aromatic carbocycles. The molecule has 2 saturated heterocycles. The number of nitrogens with zero attached hydrogens (tertiary/aromatic N) is 4. The average molecular weight is 519 g/mol. The monoisotopic (exact) mass is 518 g/mol. The standard InChI is InChI=1S/C22H26N6O5S2/c1-35(30,31)28-8-11-33-19(13-28)18-14-34-22(26-18)16-12-15(27-6-9-32-10-7-27)2-3-17(16)25-21(29)20-23-4-5-24-20/h2-5,12,14,19H,6-11,13H2,1H3,(H,23,24)(H,25,29)/t19-/m0/s1. The van der Waals surface area contributed by atoms with E-state index in [0.717, 1.165) is 24.3 Å². The molecule has 2 aromatic heterocycles. The van der Waals surface area contributed by atoms with E-state index in [9.17, 15) is 13.2 Å². The van der Waals surface area contributed by atoms with Crippen molar-refractivity contribution in [1.82, 2.24) is 19.3 Å². The van der Waals surface area contributed by atoms with E-state index < -0.39 is 16.1 Å². The zero-order chi connectivity index (χ0) is 24.4. The highest BCUT2D eigenvalue weighted by Crippen LogP contribution is 2.36. The molecule has 2 aliphatic rings. The molecule has 11 nitrogen and oxygen atoms in total. The van der Waals surface area contributed by atoms with E-state index in [2.05, 4.69) is 20.2 Å². The van der Waals surface area contributed by atoms with E-state index in [1.54, 1.807) is 6.20 Å². The first-order valence-electron chi connectivity index (χ1n) is 11.2. The molecule has 1 atom stereocenters. The van der Waals surface area contributed by atoms with Gasteiger partial charge in [0.05, 0.1) is 37.5 Å². The molecule has 0 spiro atoms. The number of ether oxygens (including phenoxy) is 2. The molecule has 2 N–H and O–H groups in total. The van der Waals surface area contributed by atoms with Gasteiger partial charge in [0.1, 0.15) is 11.1 Å². The summed E-state index contributed by atoms with van der Waals surface area (Å²) in [5.41, 5.74) is 3.04. The molecular formula is C22H26N6O5S2. The normalized spacial score (nSPS) is 19.6. The van der Waals surface area contributed by atoms with Crippen molar-refractivity contribution in [2.24, 2.45) is 0 Å². The molecule has 1 amide bonds. The van der Waals surface area contributed by atoms with Crippen molar-refractivity contribution in [3.63, 3.8) is 0 Å². The molecule has 3 aromatic rings. The second-order valence-electron chi connectivity index (χ2n) is 8.28. The Labute approximate surface area is 207 Å². The second kappa shape index (κ2) is 10.0. The van der Waals surface area contributed by atoms with E-state index in [1.807, 2.05) is 23.6 Å². The first-order chi connectivity index (χ1) is 16.9. The largest absolute Gasteiger partial charge is 0.378 e. The molecule has 2 aliphatic heterocycles. The van der Waals surface area contributed by atoms with Crippen LogP contribution in [0.5, 0.6) is 0 Å². The number of H-pyrrole nitrogens is 1. The maximum Gasteiger partial charge on any atom is 0.291 e. The summed E-state index contributed by atoms with van der Waals surface area (Å²) in [6, 6.07) is 5.84. The van der Waals surface area contributed by atoms with Gasteiger partial charge in [0.15, 0.2) is 5.82 Å². The number of aromatic amines is 1. The fourth-order valence-corrected chi connectivity index (χ4v) is 5.77. The number of carbonyl (C=O) groups excluding carboxylic acids is 1. The zero-order valence-corrected chi connectivity index (χ0v) is 20.8. The van der Waals surface area contributed by atoms with Gasteiger partial charge in [-0.3, -0.25) is 4.79 Å². The molecule has 13 heteroatoms. The molecule has 186 valence electrons. The molecule has 0 saturated carbocycles. The van der Waals surface area contributed by atoms with E-state index >= 15 is 0 Å². The summed E-state index contributed by atoms with van der Waals surface area (Å²) in [5.74, 6) is -0.143. The van der Waals surface area contributed by atoms with E-state index in [4.69, 9.17) is 14.5 Å². The van der Waals surface area contributed by atoms with Crippen molar-refractivity contribution >= 4 is 38.6 Å². The number of hydrogen-bond donors (Lipinski definition) is 2. The summed E-state index contributed by atoms with van der Waals surface area (Å²) in [6.07, 6.45) is 3.86. The Morgan fingerprint density at radius 1 is 1.23 bits per heavy atom. The number of rotatable bonds is 6. The van der Waals surface area contributed by atoms with Crippen LogP contribution < -0.4 is 10.2 Å². The number of morpholine rings is 2. The smallest absolute Gasteiger partial charge is 0.291 e. The third-order valence-electron chi connectivity index (χ3n) is 5.92. The molecule has 35 heavy (non-hydrogen) atoms. The van der Waals surface area contributed by atoms with Gasteiger partial charge in [0, 0.05) is 55.2 Å². The predicted molar refractivity (Wildman–Crippen MR) is 132 cm³/mol. The highest BCUT2D eigenvalue weighted by atomic mass is 32.2. The Morgan fingerprint density at radius 3 is 2.80 bits per heavy atom. The van der Waals surface area contributed by atoms with Crippen molar-refractivity contribution in [3.8, 4) is 10.6 Å². The number of aromatic nitrogens is 3. The Balaban J connectivity index is 1.46. The SMILES string of the molecule is CS(=O)(=O)N1CCO[C@H](c2csc(-c3cc(N4CCOCC4)ccc3NC(=O)c3ncc[nH]3)n2)C1. The quantitative estimate of drug-likeness (QED) is 0.507. The van der Waals surface area contributed by atoms with Crippen LogP contribution >= 0.6 is 11.3 Å². The fraction of sp³-hybridized carbons (Fsp3) is 0.409. The lowest BCUT2D eigenvalue weighted by Gasteiger charge is -2.30. The number of sulfonamides is 1. The Kier molecular flexibility index (Phi) is 6.84. The molecule has 4 heterocycles. The fourth-order valence-electron chi connectivity index (χ4n) is 4.07. The highest BCUT2D eigenvalue weighted by Gasteiger charge is 2.29. The Hall–Kier alpha value is -2.84. The summed E-state index contributed by atoms with van der Waals surface area (Å²) in [6.45, 7) is 3.72. The molecule has 0 radical (unpaired) electrons. The predicted octanol–water partition coefficient (Wildman–Crippen LogP) is 1.95. The van der Waals surface area contributed by atoms with E-state index in [-0.39, 0.29) is 18.3 Å². The van der Waals surface area contributed by atoms with Crippen molar-refractivity contribution in [1.29, 1.82) is 0 Å². The first-order valence-corrected chi connectivity index (χ1v) is 13.9. The minimum absolute atomic E-state index is 0.213. The van der Waals surface area contributed by atoms with Crippen molar-refractivity contribution in [2.45, 2.75) is 6.10 Å². The summed E-state index contributed by atoms with van der Waals surface area (Å²) in [4.78, 5) is 26.6. The van der Waals surface area contributed by atoms with Gasteiger partial charge in [-0.15, -0.1) is 11.3 Å². The molecule has 0 aliphatic carbocycles. The lowest BCUT2D eigenvalue weighted by molar-refractivity contribution is -0.00436. The zero-order valence-electron chi connectivity index (χ0n) is 19.1. The number of benzene rings is 1. The number of imidazole rings is 1. The molecule has 0 bridgehead atoms. The highest BCUT2D eigenvalue weighted by molar-refractivity contribution is 7.88. The summed E-state index contributed by atoms with van der Waals surface area (Å²) < 4.78 is 36.8. The van der Waals surface area contributed by atoms with Gasteiger partial charge in [0.2, 0.25) is 10.0 Å². The second-order valence-corrected chi connectivity index (χ2v) is 11.1. The maximum atomic E-state index is 12.7. The number of anilines is 2. The van der Waals surface area contributed by atoms with Crippen LogP contribution in [-0.2, 0) is 19.5 Å². The van der Waals surface area contributed by atoms with Crippen LogP contribution in [0, 0.1) is 0 Å². The lowest BCUT2D eigenvalue weighted by Crippen LogP contribution is -2.41. The number of thiazole rings is 1. The molecule has 5 rings (SSSR count). The first kappa shape index (κ1) is 23.9. The van der Waals surface area contributed by atoms with Crippen molar-refractivity contribution in [2.75, 3.05) is 62.5 Å². The molecular weight excluding hydrogens is 492 g/mol. The average Bonchev–Trinajstić information content (AvgIpc) is 3.57. The van der Waals surface area contributed by atoms with Crippen LogP contribution in [0.2, 0.25) is 0 Å². The Morgan fingerprint density at radius 2 is 2.06 bits per heavy atom. The van der Waals surface area contributed by atoms with Crippen LogP contribution in [0.3, 0.4) is 0 Å². The summed E-state index contributed by atoms with van der Waals surface area (Å²) in [7, 11) is -3.32. The van der Waals surface area contributed by atoms with E-state index in [0.29, 0.717) is 42.8 Å². The van der Waals surface area contributed by atoms with E-state index in [1.165, 1.54) is 28.1 Å². The van der Waals surface area contributed by atoms with Crippen LogP contribution in [0.15, 0.2) is 36.0 Å². The molecule has 2 fully saturated rings. The maximum absolute atomic E-state index is 12.7. The number of nitrogens with one attached hydrogen (secondary N) is 2. The summed E-state index contributed by atoms with van der Waals surface area (Å²) in [5, 5.41) is 5.51. The van der Waals surface area contributed by atoms with Gasteiger partial charge in [-0.1, -0.05) is 0 Å². The van der Waals surface area contributed by atoms with Gasteiger partial charge < -0.3 is 24.7 Å². The van der Waals surface area contributed by atoms with Crippen LogP contribution in [0.25, 0.3) is 10.6 Å². The number of hydrogen-bond acceptors (Lipinski definition) is 9.